The highest BCUT2D eigenvalue weighted by molar-refractivity contribution is 6.30. The summed E-state index contributed by atoms with van der Waals surface area (Å²) >= 11 is 6.12. The van der Waals surface area contributed by atoms with Crippen LogP contribution in [0.15, 0.2) is 78.9 Å². The topological polar surface area (TPSA) is 105 Å². The molecule has 3 rings (SSSR count). The molecule has 0 amide bonds. The maximum absolute atomic E-state index is 12.4. The molecule has 7 heteroatoms. The molecule has 3 aromatic rings. The maximum atomic E-state index is 12.4. The van der Waals surface area contributed by atoms with Crippen molar-refractivity contribution in [3.05, 3.63) is 106 Å². The molecule has 0 aliphatic carbocycles. The summed E-state index contributed by atoms with van der Waals surface area (Å²) in [6, 6.07) is 25.9. The maximum Gasteiger partial charge on any atom is 0.322 e. The van der Waals surface area contributed by atoms with Gasteiger partial charge in [0.25, 0.3) is 0 Å². The molecule has 6 atom stereocenters. The molecule has 0 bridgehead atoms. The molecule has 6 nitrogen and oxygen atoms in total. The minimum atomic E-state index is -1.06. The van der Waals surface area contributed by atoms with Crippen LogP contribution in [0.4, 0.5) is 0 Å². The van der Waals surface area contributed by atoms with Crippen molar-refractivity contribution in [1.82, 2.24) is 0 Å². The summed E-state index contributed by atoms with van der Waals surface area (Å²) in [5.74, 6) is 0.0384. The van der Waals surface area contributed by atoms with Crippen LogP contribution < -0.4 is 11.5 Å². The van der Waals surface area contributed by atoms with E-state index in [9.17, 15) is 9.59 Å². The van der Waals surface area contributed by atoms with Gasteiger partial charge < -0.3 is 25.7 Å². The van der Waals surface area contributed by atoms with Crippen LogP contribution in [0.25, 0.3) is 0 Å². The highest BCUT2D eigenvalue weighted by atomic mass is 35.5. The van der Waals surface area contributed by atoms with Crippen LogP contribution in [-0.2, 0) is 38.3 Å². The van der Waals surface area contributed by atoms with Gasteiger partial charge in [0.05, 0.1) is 18.2 Å². The summed E-state index contributed by atoms with van der Waals surface area (Å²) in [4.78, 5) is 23.9. The highest BCUT2D eigenvalue weighted by Gasteiger charge is 2.30. The Morgan fingerprint density at radius 3 is 1.98 bits per heavy atom. The Kier molecular flexibility index (Phi) is 12.9. The molecule has 0 aliphatic rings. The number of rotatable bonds is 16. The summed E-state index contributed by atoms with van der Waals surface area (Å²) in [5.41, 5.74) is 15.4. The van der Waals surface area contributed by atoms with Gasteiger partial charge in [0.15, 0.2) is 0 Å². The van der Waals surface area contributed by atoms with Gasteiger partial charge in [-0.25, -0.2) is 0 Å². The molecule has 0 saturated heterocycles. The molecule has 0 spiro atoms. The van der Waals surface area contributed by atoms with Gasteiger partial charge in [0.2, 0.25) is 0 Å². The summed E-state index contributed by atoms with van der Waals surface area (Å²) in [5, 5.41) is 0.674. The zero-order chi connectivity index (χ0) is 31.6. The fourth-order valence-electron chi connectivity index (χ4n) is 5.27. The van der Waals surface area contributed by atoms with Crippen LogP contribution in [0, 0.1) is 11.8 Å². The van der Waals surface area contributed by atoms with E-state index in [1.165, 1.54) is 5.56 Å². The van der Waals surface area contributed by atoms with Crippen LogP contribution in [0.1, 0.15) is 62.8 Å². The molecule has 0 fully saturated rings. The van der Waals surface area contributed by atoms with Crippen molar-refractivity contribution < 1.29 is 19.1 Å². The number of nitrogens with two attached hydrogens (primary N) is 2. The molecule has 3 aromatic carbocycles. The van der Waals surface area contributed by atoms with Crippen molar-refractivity contribution >= 4 is 23.9 Å². The highest BCUT2D eigenvalue weighted by Crippen LogP contribution is 2.30. The average Bonchev–Trinajstić information content (AvgIpc) is 2.98. The van der Waals surface area contributed by atoms with Crippen molar-refractivity contribution in [2.45, 2.75) is 83.6 Å². The Morgan fingerprint density at radius 1 is 0.860 bits per heavy atom. The van der Waals surface area contributed by atoms with E-state index in [1.54, 1.807) is 13.8 Å². The molecule has 43 heavy (non-hydrogen) atoms. The first-order chi connectivity index (χ1) is 20.4. The van der Waals surface area contributed by atoms with Gasteiger partial charge in [-0.05, 0) is 86.3 Å². The minimum absolute atomic E-state index is 0.0861. The number of aldehydes is 1. The number of ether oxygens (including phenoxy) is 2. The van der Waals surface area contributed by atoms with E-state index in [-0.39, 0.29) is 24.5 Å². The predicted molar refractivity (Wildman–Crippen MR) is 174 cm³/mol. The van der Waals surface area contributed by atoms with Gasteiger partial charge in [-0.1, -0.05) is 92.2 Å². The van der Waals surface area contributed by atoms with Gasteiger partial charge in [-0.15, -0.1) is 0 Å². The largest absolute Gasteiger partial charge is 0.461 e. The van der Waals surface area contributed by atoms with Gasteiger partial charge in [0.1, 0.15) is 18.4 Å². The number of carbonyl (C=O) groups is 2. The smallest absolute Gasteiger partial charge is 0.322 e. The zero-order valence-corrected chi connectivity index (χ0v) is 26.8. The monoisotopic (exact) mass is 606 g/mol. The Bertz CT molecular complexity index is 1280. The second kappa shape index (κ2) is 16.2. The van der Waals surface area contributed by atoms with Crippen LogP contribution in [0.2, 0.25) is 5.02 Å². The first kappa shape index (κ1) is 34.5. The normalized spacial score (nSPS) is 16.5. The van der Waals surface area contributed by atoms with Crippen molar-refractivity contribution in [1.29, 1.82) is 0 Å². The third-order valence-corrected chi connectivity index (χ3v) is 8.23. The summed E-state index contributed by atoms with van der Waals surface area (Å²) < 4.78 is 12.2. The fourth-order valence-corrected chi connectivity index (χ4v) is 5.40. The van der Waals surface area contributed by atoms with E-state index in [1.807, 2.05) is 37.3 Å². The lowest BCUT2D eigenvalue weighted by atomic mass is 9.81. The van der Waals surface area contributed by atoms with Gasteiger partial charge in [0, 0.05) is 10.9 Å². The quantitative estimate of drug-likeness (QED) is 0.146. The van der Waals surface area contributed by atoms with E-state index >= 15 is 0 Å². The Labute approximate surface area is 262 Å². The second-order valence-corrected chi connectivity index (χ2v) is 12.8. The van der Waals surface area contributed by atoms with Gasteiger partial charge >= 0.3 is 5.97 Å². The Balaban J connectivity index is 1.87. The van der Waals surface area contributed by atoms with Crippen LogP contribution in [0.3, 0.4) is 0 Å². The number of hydrogen-bond acceptors (Lipinski definition) is 6. The average molecular weight is 607 g/mol. The van der Waals surface area contributed by atoms with E-state index in [4.69, 9.17) is 32.5 Å². The summed E-state index contributed by atoms with van der Waals surface area (Å²) in [6.07, 6.45) is 2.41. The van der Waals surface area contributed by atoms with E-state index < -0.39 is 23.7 Å². The first-order valence-corrected chi connectivity index (χ1v) is 15.5. The van der Waals surface area contributed by atoms with Crippen LogP contribution in [-0.4, -0.2) is 42.7 Å². The number of hydrogen-bond donors (Lipinski definition) is 2. The van der Waals surface area contributed by atoms with Crippen molar-refractivity contribution in [2.75, 3.05) is 6.61 Å². The van der Waals surface area contributed by atoms with Crippen LogP contribution in [0.5, 0.6) is 0 Å². The zero-order valence-electron chi connectivity index (χ0n) is 26.0. The van der Waals surface area contributed by atoms with Crippen molar-refractivity contribution in [3.63, 3.8) is 0 Å². The van der Waals surface area contributed by atoms with Crippen molar-refractivity contribution in [3.8, 4) is 0 Å². The number of esters is 1. The molecule has 0 aliphatic heterocycles. The van der Waals surface area contributed by atoms with Gasteiger partial charge in [-0.3, -0.25) is 4.79 Å². The lowest BCUT2D eigenvalue weighted by Gasteiger charge is -2.33. The van der Waals surface area contributed by atoms with E-state index in [0.29, 0.717) is 23.8 Å². The number of benzene rings is 3. The standard InChI is InChI=1S/C36H47ClN2O4/c1-24(2)32(19-27-9-7-6-8-10-27)34(42-23-36(5,39)22-40)21-29-11-15-30(16-12-29)33(26(4)43-35(41)25(3)38)20-28-13-17-31(37)18-14-28/h6-18,22,24-26,32-34H,19-21,23,38-39H2,1-5H3/t25-,26-,32+,33-,34-,36+/m0/s1. The Morgan fingerprint density at radius 2 is 1.42 bits per heavy atom. The molecule has 0 unspecified atom stereocenters. The number of carbonyl (C=O) groups excluding carboxylic acids is 2. The third kappa shape index (κ3) is 10.9. The molecular weight excluding hydrogens is 560 g/mol. The molecule has 0 saturated carbocycles. The molecule has 0 aromatic heterocycles. The SMILES string of the molecule is CC(C)[C@@H](Cc1ccccc1)[C@H](Cc1ccc([C@@H](Cc2ccc(Cl)cc2)[C@H](C)OC(=O)[C@H](C)N)cc1)OC[C@](C)(N)C=O. The Hall–Kier alpha value is -3.03. The molecule has 0 heterocycles. The van der Waals surface area contributed by atoms with E-state index in [0.717, 1.165) is 29.4 Å². The third-order valence-electron chi connectivity index (χ3n) is 7.98. The lowest BCUT2D eigenvalue weighted by Crippen LogP contribution is -2.45. The number of halogens is 1. The lowest BCUT2D eigenvalue weighted by molar-refractivity contribution is -0.150. The fraction of sp³-hybridized carbons (Fsp3) is 0.444. The first-order valence-electron chi connectivity index (χ1n) is 15.1. The summed E-state index contributed by atoms with van der Waals surface area (Å²) in [6.45, 7) is 9.78. The minimum Gasteiger partial charge on any atom is -0.461 e. The molecular formula is C36H47ClN2O4. The van der Waals surface area contributed by atoms with Gasteiger partial charge in [-0.2, -0.15) is 0 Å². The van der Waals surface area contributed by atoms with Crippen LogP contribution >= 0.6 is 11.6 Å². The van der Waals surface area contributed by atoms with Crippen molar-refractivity contribution in [2.24, 2.45) is 23.3 Å². The molecule has 4 N–H and O–H groups in total. The predicted octanol–water partition coefficient (Wildman–Crippen LogP) is 6.30. The van der Waals surface area contributed by atoms with E-state index in [2.05, 4.69) is 62.4 Å². The molecule has 0 radical (unpaired) electrons. The second-order valence-electron chi connectivity index (χ2n) is 12.4. The molecule has 232 valence electrons. The summed E-state index contributed by atoms with van der Waals surface area (Å²) in [7, 11) is 0.